The number of hydrogen-bond donors (Lipinski definition) is 2. The second kappa shape index (κ2) is 6.03. The second-order valence-electron chi connectivity index (χ2n) is 4.72. The summed E-state index contributed by atoms with van der Waals surface area (Å²) in [6.45, 7) is 5.64. The van der Waals surface area contributed by atoms with Crippen LogP contribution in [0.25, 0.3) is 0 Å². The maximum Gasteiger partial charge on any atom is 0.276 e. The number of hydrogen-bond acceptors (Lipinski definition) is 3. The summed E-state index contributed by atoms with van der Waals surface area (Å²) in [7, 11) is -3.66. The van der Waals surface area contributed by atoms with E-state index in [-0.39, 0.29) is 4.90 Å². The van der Waals surface area contributed by atoms with Crippen LogP contribution in [0.5, 0.6) is 0 Å². The molecule has 0 radical (unpaired) electrons. The van der Waals surface area contributed by atoms with E-state index in [1.54, 1.807) is 19.1 Å². The highest BCUT2D eigenvalue weighted by atomic mass is 79.9. The molecule has 7 heteroatoms. The molecule has 1 aromatic carbocycles. The van der Waals surface area contributed by atoms with Crippen LogP contribution in [-0.2, 0) is 10.0 Å². The van der Waals surface area contributed by atoms with E-state index in [0.717, 1.165) is 21.3 Å². The fourth-order valence-corrected chi connectivity index (χ4v) is 3.19. The molecule has 0 fully saturated rings. The molecule has 0 spiro atoms. The van der Waals surface area contributed by atoms with Crippen molar-refractivity contribution in [2.24, 2.45) is 5.10 Å². The van der Waals surface area contributed by atoms with Crippen LogP contribution in [0.15, 0.2) is 44.9 Å². The largest absolute Gasteiger partial charge is 0.364 e. The Morgan fingerprint density at radius 2 is 1.86 bits per heavy atom. The normalized spacial score (nSPS) is 12.5. The van der Waals surface area contributed by atoms with Gasteiger partial charge in [-0.05, 0) is 50.6 Å². The third-order valence-electron chi connectivity index (χ3n) is 3.09. The Morgan fingerprint density at radius 1 is 1.24 bits per heavy atom. The number of hydrazone groups is 1. The summed E-state index contributed by atoms with van der Waals surface area (Å²) in [4.78, 5) is 5.53. The van der Waals surface area contributed by atoms with E-state index in [0.29, 0.717) is 5.71 Å². The highest BCUT2D eigenvalue weighted by molar-refractivity contribution is 9.10. The van der Waals surface area contributed by atoms with E-state index in [9.17, 15) is 8.42 Å². The van der Waals surface area contributed by atoms with E-state index in [1.807, 2.05) is 20.0 Å². The average Bonchev–Trinajstić information content (AvgIpc) is 2.76. The van der Waals surface area contributed by atoms with Crippen LogP contribution in [0.2, 0.25) is 0 Å². The van der Waals surface area contributed by atoms with Gasteiger partial charge < -0.3 is 4.98 Å². The van der Waals surface area contributed by atoms with Crippen LogP contribution in [0.3, 0.4) is 0 Å². The standard InChI is InChI=1S/C14H16BrN3O2S/c1-9-8-16-10(2)14(9)11(3)17-18-21(19,20)13-6-4-12(15)5-7-13/h4-8,16,18H,1-3H3/b17-11+. The van der Waals surface area contributed by atoms with Crippen molar-refractivity contribution in [3.63, 3.8) is 0 Å². The van der Waals surface area contributed by atoms with E-state index >= 15 is 0 Å². The van der Waals surface area contributed by atoms with Gasteiger partial charge in [-0.25, -0.2) is 0 Å². The van der Waals surface area contributed by atoms with Gasteiger partial charge in [0.2, 0.25) is 0 Å². The molecule has 0 unspecified atom stereocenters. The van der Waals surface area contributed by atoms with Crippen molar-refractivity contribution < 1.29 is 8.42 Å². The van der Waals surface area contributed by atoms with Crippen LogP contribution in [-0.4, -0.2) is 19.1 Å². The quantitative estimate of drug-likeness (QED) is 0.641. The summed E-state index contributed by atoms with van der Waals surface area (Å²) in [5, 5.41) is 4.01. The number of nitrogens with zero attached hydrogens (tertiary/aromatic N) is 1. The average molecular weight is 370 g/mol. The molecule has 1 aromatic heterocycles. The third-order valence-corrected chi connectivity index (χ3v) is 4.85. The number of sulfonamides is 1. The topological polar surface area (TPSA) is 74.3 Å². The summed E-state index contributed by atoms with van der Waals surface area (Å²) in [5.74, 6) is 0. The van der Waals surface area contributed by atoms with E-state index in [4.69, 9.17) is 0 Å². The van der Waals surface area contributed by atoms with Gasteiger partial charge in [0.25, 0.3) is 10.0 Å². The van der Waals surface area contributed by atoms with Gasteiger partial charge in [0, 0.05) is 21.9 Å². The van der Waals surface area contributed by atoms with Crippen LogP contribution >= 0.6 is 15.9 Å². The first-order chi connectivity index (χ1) is 9.81. The molecule has 2 N–H and O–H groups in total. The first kappa shape index (κ1) is 15.8. The minimum absolute atomic E-state index is 0.171. The molecule has 5 nitrogen and oxygen atoms in total. The zero-order valence-electron chi connectivity index (χ0n) is 11.9. The molecule has 0 amide bonds. The molecule has 2 aromatic rings. The molecule has 0 aliphatic heterocycles. The predicted octanol–water partition coefficient (Wildman–Crippen LogP) is 3.10. The summed E-state index contributed by atoms with van der Waals surface area (Å²) in [6.07, 6.45) is 1.87. The lowest BCUT2D eigenvalue weighted by Crippen LogP contribution is -2.20. The summed E-state index contributed by atoms with van der Waals surface area (Å²) in [6, 6.07) is 6.38. The van der Waals surface area contributed by atoms with Crippen molar-refractivity contribution in [2.45, 2.75) is 25.7 Å². The van der Waals surface area contributed by atoms with Gasteiger partial charge in [-0.2, -0.15) is 18.4 Å². The number of benzene rings is 1. The lowest BCUT2D eigenvalue weighted by molar-refractivity contribution is 0.584. The number of halogens is 1. The summed E-state index contributed by atoms with van der Waals surface area (Å²) in [5.41, 5.74) is 3.52. The van der Waals surface area contributed by atoms with Crippen molar-refractivity contribution in [2.75, 3.05) is 0 Å². The summed E-state index contributed by atoms with van der Waals surface area (Å²) >= 11 is 3.27. The highest BCUT2D eigenvalue weighted by Gasteiger charge is 2.14. The van der Waals surface area contributed by atoms with Gasteiger partial charge in [-0.15, -0.1) is 0 Å². The predicted molar refractivity (Wildman–Crippen MR) is 86.9 cm³/mol. The molecule has 2 rings (SSSR count). The molecular weight excluding hydrogens is 354 g/mol. The minimum atomic E-state index is -3.66. The zero-order chi connectivity index (χ0) is 15.6. The fourth-order valence-electron chi connectivity index (χ4n) is 2.06. The molecule has 1 heterocycles. The molecule has 0 bridgehead atoms. The molecule has 0 aliphatic rings. The molecule has 112 valence electrons. The molecule has 0 saturated heterocycles. The van der Waals surface area contributed by atoms with E-state index in [1.165, 1.54) is 12.1 Å². The van der Waals surface area contributed by atoms with Gasteiger partial charge >= 0.3 is 0 Å². The number of nitrogens with one attached hydrogen (secondary N) is 2. The second-order valence-corrected chi connectivity index (χ2v) is 7.29. The monoisotopic (exact) mass is 369 g/mol. The number of aromatic nitrogens is 1. The van der Waals surface area contributed by atoms with Crippen LogP contribution in [0, 0.1) is 13.8 Å². The van der Waals surface area contributed by atoms with Crippen molar-refractivity contribution in [3.05, 3.63) is 51.8 Å². The van der Waals surface area contributed by atoms with Crippen molar-refractivity contribution in [1.82, 2.24) is 9.82 Å². The van der Waals surface area contributed by atoms with Crippen molar-refractivity contribution in [3.8, 4) is 0 Å². The lowest BCUT2D eigenvalue weighted by Gasteiger charge is -2.06. The number of aromatic amines is 1. The van der Waals surface area contributed by atoms with E-state index < -0.39 is 10.0 Å². The van der Waals surface area contributed by atoms with Crippen LogP contribution < -0.4 is 4.83 Å². The minimum Gasteiger partial charge on any atom is -0.364 e. The Hall–Kier alpha value is -1.60. The zero-order valence-corrected chi connectivity index (χ0v) is 14.3. The Balaban J connectivity index is 2.25. The number of H-pyrrole nitrogens is 1. The Bertz CT molecular complexity index is 758. The van der Waals surface area contributed by atoms with Crippen molar-refractivity contribution in [1.29, 1.82) is 0 Å². The number of rotatable bonds is 4. The van der Waals surface area contributed by atoms with Gasteiger partial charge in [0.1, 0.15) is 0 Å². The van der Waals surface area contributed by atoms with Crippen LogP contribution in [0.4, 0.5) is 0 Å². The van der Waals surface area contributed by atoms with E-state index in [2.05, 4.69) is 30.8 Å². The van der Waals surface area contributed by atoms with Crippen LogP contribution in [0.1, 0.15) is 23.7 Å². The fraction of sp³-hybridized carbons (Fsp3) is 0.214. The smallest absolute Gasteiger partial charge is 0.276 e. The Labute approximate surface area is 132 Å². The number of aryl methyl sites for hydroxylation is 2. The highest BCUT2D eigenvalue weighted by Crippen LogP contribution is 2.16. The maximum atomic E-state index is 12.1. The summed E-state index contributed by atoms with van der Waals surface area (Å²) < 4.78 is 25.1. The van der Waals surface area contributed by atoms with Gasteiger partial charge in [-0.3, -0.25) is 0 Å². The lowest BCUT2D eigenvalue weighted by atomic mass is 10.1. The Kier molecular flexibility index (Phi) is 4.53. The molecule has 0 saturated carbocycles. The molecule has 21 heavy (non-hydrogen) atoms. The Morgan fingerprint density at radius 3 is 2.38 bits per heavy atom. The SMILES string of the molecule is C/C(=N\NS(=O)(=O)c1ccc(Br)cc1)c1c(C)c[nH]c1C. The maximum absolute atomic E-state index is 12.1. The molecule has 0 atom stereocenters. The molecule has 0 aliphatic carbocycles. The van der Waals surface area contributed by atoms with Gasteiger partial charge in [0.15, 0.2) is 0 Å². The first-order valence-corrected chi connectivity index (χ1v) is 8.55. The third kappa shape index (κ3) is 3.54. The molecular formula is C14H16BrN3O2S. The first-order valence-electron chi connectivity index (χ1n) is 6.28. The van der Waals surface area contributed by atoms with Gasteiger partial charge in [0.05, 0.1) is 10.6 Å². The van der Waals surface area contributed by atoms with Crippen molar-refractivity contribution >= 4 is 31.7 Å². The van der Waals surface area contributed by atoms with Gasteiger partial charge in [-0.1, -0.05) is 15.9 Å².